The van der Waals surface area contributed by atoms with E-state index in [-0.39, 0.29) is 24.3 Å². The second kappa shape index (κ2) is 10.5. The van der Waals surface area contributed by atoms with Crippen LogP contribution in [0, 0.1) is 0 Å². The Bertz CT molecular complexity index is 1390. The molecule has 0 unspecified atom stereocenters. The van der Waals surface area contributed by atoms with Crippen molar-refractivity contribution >= 4 is 46.7 Å². The van der Waals surface area contributed by atoms with E-state index in [0.29, 0.717) is 51.4 Å². The molecule has 2 aromatic heterocycles. The smallest absolute Gasteiger partial charge is 0.278 e. The summed E-state index contributed by atoms with van der Waals surface area (Å²) in [5.74, 6) is 0.982. The molecule has 2 heterocycles. The fourth-order valence-electron chi connectivity index (χ4n) is 3.33. The summed E-state index contributed by atoms with van der Waals surface area (Å²) in [5.41, 5.74) is 2.23. The minimum Gasteiger partial charge on any atom is -0.497 e. The first-order chi connectivity index (χ1) is 16.5. The van der Waals surface area contributed by atoms with E-state index in [4.69, 9.17) is 27.9 Å². The summed E-state index contributed by atoms with van der Waals surface area (Å²) in [7, 11) is 1.57. The standard InChI is InChI=1S/C23H20Cl2N6O3/c1-34-16-5-3-15(4-6-16)20-22(33)31(9-8-26-13-32)21-19(29-20)12-28-23(30-21)27-11-14-2-7-17(24)18(25)10-14/h2-7,10,12-13H,8-9,11H2,1H3,(H,26,32)(H,27,28,30). The number of hydrogen-bond donors (Lipinski definition) is 2. The predicted octanol–water partition coefficient (Wildman–Crippen LogP) is 3.53. The van der Waals surface area contributed by atoms with Gasteiger partial charge in [0.2, 0.25) is 12.4 Å². The SMILES string of the molecule is COc1ccc(-c2nc3cnc(NCc4ccc(Cl)c(Cl)c4)nc3n(CCNC=O)c2=O)cc1. The number of methoxy groups -OCH3 is 1. The zero-order valence-electron chi connectivity index (χ0n) is 18.1. The van der Waals surface area contributed by atoms with Gasteiger partial charge in [-0.3, -0.25) is 14.2 Å². The van der Waals surface area contributed by atoms with Crippen molar-refractivity contribution in [1.82, 2.24) is 24.8 Å². The van der Waals surface area contributed by atoms with E-state index in [2.05, 4.69) is 25.6 Å². The van der Waals surface area contributed by atoms with Crippen molar-refractivity contribution in [3.63, 3.8) is 0 Å². The molecule has 0 aliphatic heterocycles. The van der Waals surface area contributed by atoms with Crippen molar-refractivity contribution in [1.29, 1.82) is 0 Å². The van der Waals surface area contributed by atoms with Gasteiger partial charge in [-0.15, -0.1) is 0 Å². The lowest BCUT2D eigenvalue weighted by Crippen LogP contribution is -2.29. The van der Waals surface area contributed by atoms with Gasteiger partial charge in [-0.05, 0) is 42.0 Å². The normalized spacial score (nSPS) is 10.8. The van der Waals surface area contributed by atoms with E-state index in [1.807, 2.05) is 6.07 Å². The van der Waals surface area contributed by atoms with Crippen LogP contribution in [0.5, 0.6) is 5.75 Å². The van der Waals surface area contributed by atoms with Gasteiger partial charge >= 0.3 is 0 Å². The molecule has 2 aromatic carbocycles. The van der Waals surface area contributed by atoms with Crippen LogP contribution in [0.25, 0.3) is 22.4 Å². The van der Waals surface area contributed by atoms with Crippen LogP contribution in [0.2, 0.25) is 10.0 Å². The van der Waals surface area contributed by atoms with Crippen LogP contribution >= 0.6 is 23.2 Å². The molecule has 0 aliphatic carbocycles. The molecule has 0 spiro atoms. The summed E-state index contributed by atoms with van der Waals surface area (Å²) < 4.78 is 6.67. The van der Waals surface area contributed by atoms with Crippen LogP contribution in [0.1, 0.15) is 5.56 Å². The summed E-state index contributed by atoms with van der Waals surface area (Å²) in [6.45, 7) is 0.861. The lowest BCUT2D eigenvalue weighted by Gasteiger charge is -2.13. The number of carbonyl (C=O) groups excluding carboxylic acids is 1. The molecule has 34 heavy (non-hydrogen) atoms. The van der Waals surface area contributed by atoms with Crippen LogP contribution in [0.4, 0.5) is 5.95 Å². The van der Waals surface area contributed by atoms with E-state index >= 15 is 0 Å². The number of nitrogens with one attached hydrogen (secondary N) is 2. The molecule has 0 bridgehead atoms. The molecule has 0 fully saturated rings. The lowest BCUT2D eigenvalue weighted by molar-refractivity contribution is -0.109. The van der Waals surface area contributed by atoms with Crippen molar-refractivity contribution in [2.24, 2.45) is 0 Å². The van der Waals surface area contributed by atoms with E-state index in [1.54, 1.807) is 49.7 Å². The molecular weight excluding hydrogens is 479 g/mol. The second-order valence-electron chi connectivity index (χ2n) is 7.22. The minimum absolute atomic E-state index is 0.211. The van der Waals surface area contributed by atoms with Gasteiger partial charge in [-0.2, -0.15) is 4.98 Å². The topological polar surface area (TPSA) is 111 Å². The number of aromatic nitrogens is 4. The van der Waals surface area contributed by atoms with Gasteiger partial charge in [-0.25, -0.2) is 9.97 Å². The Morgan fingerprint density at radius 3 is 2.59 bits per heavy atom. The maximum absolute atomic E-state index is 13.3. The molecule has 4 rings (SSSR count). The number of halogens is 2. The van der Waals surface area contributed by atoms with E-state index in [1.165, 1.54) is 4.57 Å². The zero-order valence-corrected chi connectivity index (χ0v) is 19.6. The highest BCUT2D eigenvalue weighted by Gasteiger charge is 2.15. The number of hydrogen-bond acceptors (Lipinski definition) is 7. The number of amides is 1. The van der Waals surface area contributed by atoms with Crippen LogP contribution < -0.4 is 20.9 Å². The highest BCUT2D eigenvalue weighted by atomic mass is 35.5. The summed E-state index contributed by atoms with van der Waals surface area (Å²) in [5, 5.41) is 6.62. The summed E-state index contributed by atoms with van der Waals surface area (Å²) in [6, 6.07) is 12.3. The molecule has 2 N–H and O–H groups in total. The molecule has 4 aromatic rings. The quantitative estimate of drug-likeness (QED) is 0.268. The molecule has 1 amide bonds. The maximum Gasteiger partial charge on any atom is 0.278 e. The largest absolute Gasteiger partial charge is 0.497 e. The maximum atomic E-state index is 13.3. The minimum atomic E-state index is -0.334. The highest BCUT2D eigenvalue weighted by Crippen LogP contribution is 2.23. The van der Waals surface area contributed by atoms with Crippen LogP contribution in [-0.4, -0.2) is 39.6 Å². The first-order valence-electron chi connectivity index (χ1n) is 10.3. The zero-order chi connectivity index (χ0) is 24.1. The average molecular weight is 499 g/mol. The van der Waals surface area contributed by atoms with Gasteiger partial charge in [0.25, 0.3) is 5.56 Å². The monoisotopic (exact) mass is 498 g/mol. The molecule has 0 aliphatic rings. The number of nitrogens with zero attached hydrogens (tertiary/aromatic N) is 4. The number of carbonyl (C=O) groups is 1. The van der Waals surface area contributed by atoms with E-state index in [0.717, 1.165) is 5.56 Å². The Morgan fingerprint density at radius 2 is 1.88 bits per heavy atom. The Labute approximate surface area is 204 Å². The molecular formula is C23H20Cl2N6O3. The third-order valence-electron chi connectivity index (χ3n) is 5.05. The Morgan fingerprint density at radius 1 is 1.09 bits per heavy atom. The van der Waals surface area contributed by atoms with Crippen molar-refractivity contribution < 1.29 is 9.53 Å². The van der Waals surface area contributed by atoms with Gasteiger partial charge in [-0.1, -0.05) is 29.3 Å². The number of anilines is 1. The Hall–Kier alpha value is -3.69. The second-order valence-corrected chi connectivity index (χ2v) is 8.04. The van der Waals surface area contributed by atoms with Crippen molar-refractivity contribution in [2.45, 2.75) is 13.1 Å². The first kappa shape index (κ1) is 23.5. The number of rotatable bonds is 9. The van der Waals surface area contributed by atoms with Gasteiger partial charge < -0.3 is 15.4 Å². The molecule has 0 saturated heterocycles. The van der Waals surface area contributed by atoms with Crippen LogP contribution in [-0.2, 0) is 17.9 Å². The highest BCUT2D eigenvalue weighted by molar-refractivity contribution is 6.42. The fraction of sp³-hybridized carbons (Fsp3) is 0.174. The molecule has 0 atom stereocenters. The predicted molar refractivity (Wildman–Crippen MR) is 131 cm³/mol. The number of benzene rings is 2. The molecule has 11 heteroatoms. The van der Waals surface area contributed by atoms with Crippen LogP contribution in [0.3, 0.4) is 0 Å². The van der Waals surface area contributed by atoms with Gasteiger partial charge in [0.05, 0.1) is 23.4 Å². The third-order valence-corrected chi connectivity index (χ3v) is 5.79. The first-order valence-corrected chi connectivity index (χ1v) is 11.0. The third kappa shape index (κ3) is 5.11. The Balaban J connectivity index is 1.71. The van der Waals surface area contributed by atoms with E-state index < -0.39 is 0 Å². The molecule has 0 saturated carbocycles. The summed E-state index contributed by atoms with van der Waals surface area (Å²) in [6.07, 6.45) is 2.13. The summed E-state index contributed by atoms with van der Waals surface area (Å²) >= 11 is 12.0. The van der Waals surface area contributed by atoms with Crippen molar-refractivity contribution in [3.05, 3.63) is 74.6 Å². The summed E-state index contributed by atoms with van der Waals surface area (Å²) in [4.78, 5) is 37.4. The van der Waals surface area contributed by atoms with Crippen LogP contribution in [0.15, 0.2) is 53.5 Å². The van der Waals surface area contributed by atoms with Crippen molar-refractivity contribution in [3.8, 4) is 17.0 Å². The fourth-order valence-corrected chi connectivity index (χ4v) is 3.65. The van der Waals surface area contributed by atoms with Gasteiger partial charge in [0, 0.05) is 25.2 Å². The lowest BCUT2D eigenvalue weighted by atomic mass is 10.1. The molecule has 9 nitrogen and oxygen atoms in total. The average Bonchev–Trinajstić information content (AvgIpc) is 2.86. The number of fused-ring (bicyclic) bond motifs is 1. The van der Waals surface area contributed by atoms with Crippen molar-refractivity contribution in [2.75, 3.05) is 19.0 Å². The molecule has 0 radical (unpaired) electrons. The van der Waals surface area contributed by atoms with E-state index in [9.17, 15) is 9.59 Å². The van der Waals surface area contributed by atoms with Gasteiger partial charge in [0.15, 0.2) is 5.65 Å². The molecule has 174 valence electrons. The number of ether oxygens (including phenoxy) is 1. The Kier molecular flexibility index (Phi) is 7.24. The van der Waals surface area contributed by atoms with Gasteiger partial charge in [0.1, 0.15) is 17.0 Å².